The Morgan fingerprint density at radius 3 is 2.80 bits per heavy atom. The van der Waals surface area contributed by atoms with Crippen LogP contribution in [-0.4, -0.2) is 12.3 Å². The van der Waals surface area contributed by atoms with Crippen molar-refractivity contribution in [2.24, 2.45) is 0 Å². The second kappa shape index (κ2) is 7.41. The van der Waals surface area contributed by atoms with E-state index >= 15 is 0 Å². The molecule has 2 aromatic rings. The fourth-order valence-electron chi connectivity index (χ4n) is 1.85. The van der Waals surface area contributed by atoms with E-state index in [0.717, 1.165) is 28.5 Å². The minimum Gasteiger partial charge on any atom is -0.484 e. The van der Waals surface area contributed by atoms with Crippen LogP contribution in [0.3, 0.4) is 0 Å². The monoisotopic (exact) mass is 291 g/mol. The average Bonchev–Trinajstić information content (AvgIpc) is 2.90. The third-order valence-electron chi connectivity index (χ3n) is 2.97. The van der Waals surface area contributed by atoms with E-state index in [2.05, 4.69) is 25.2 Å². The summed E-state index contributed by atoms with van der Waals surface area (Å²) in [6.45, 7) is 5.52. The molecule has 108 valence electrons. The zero-order chi connectivity index (χ0) is 14.4. The van der Waals surface area contributed by atoms with Gasteiger partial charge in [0.1, 0.15) is 18.1 Å². The molecule has 0 saturated carbocycles. The molecular weight excluding hydrogens is 270 g/mol. The van der Waals surface area contributed by atoms with Gasteiger partial charge in [0, 0.05) is 23.0 Å². The topological polar surface area (TPSA) is 34.4 Å². The van der Waals surface area contributed by atoms with E-state index in [-0.39, 0.29) is 0 Å². The third-order valence-corrected chi connectivity index (χ3v) is 3.74. The van der Waals surface area contributed by atoms with Crippen molar-refractivity contribution in [2.75, 3.05) is 6.26 Å². The Morgan fingerprint density at radius 2 is 2.05 bits per heavy atom. The molecule has 2 rings (SSSR count). The Hall–Kier alpha value is -1.39. The molecule has 0 fully saturated rings. The van der Waals surface area contributed by atoms with Gasteiger partial charge in [-0.25, -0.2) is 0 Å². The van der Waals surface area contributed by atoms with Crippen LogP contribution in [-0.2, 0) is 13.2 Å². The number of para-hydroxylation sites is 1. The average molecular weight is 291 g/mol. The Morgan fingerprint density at radius 1 is 1.25 bits per heavy atom. The fourth-order valence-corrected chi connectivity index (χ4v) is 2.39. The van der Waals surface area contributed by atoms with E-state index in [4.69, 9.17) is 9.15 Å². The lowest BCUT2D eigenvalue weighted by atomic mass is 10.2. The van der Waals surface area contributed by atoms with Crippen molar-refractivity contribution in [1.29, 1.82) is 0 Å². The standard InChI is InChI=1S/C16H21NO2S/c1-12(2)17-10-13-8-9-18-15(13)11-19-14-6-4-5-7-16(14)20-3/h4-9,12,17H,10-11H2,1-3H3. The highest BCUT2D eigenvalue weighted by Crippen LogP contribution is 2.28. The van der Waals surface area contributed by atoms with E-state index in [1.807, 2.05) is 30.5 Å². The van der Waals surface area contributed by atoms with E-state index in [1.54, 1.807) is 18.0 Å². The van der Waals surface area contributed by atoms with Gasteiger partial charge in [-0.2, -0.15) is 0 Å². The maximum Gasteiger partial charge on any atom is 0.146 e. The number of hydrogen-bond acceptors (Lipinski definition) is 4. The van der Waals surface area contributed by atoms with Gasteiger partial charge in [0.15, 0.2) is 0 Å². The molecule has 0 aliphatic heterocycles. The number of thioether (sulfide) groups is 1. The fraction of sp³-hybridized carbons (Fsp3) is 0.375. The molecule has 0 atom stereocenters. The summed E-state index contributed by atoms with van der Waals surface area (Å²) in [5, 5.41) is 3.39. The summed E-state index contributed by atoms with van der Waals surface area (Å²) in [5.41, 5.74) is 1.15. The SMILES string of the molecule is CSc1ccccc1OCc1occc1CNC(C)C. The van der Waals surface area contributed by atoms with Gasteiger partial charge in [-0.1, -0.05) is 26.0 Å². The van der Waals surface area contributed by atoms with Crippen molar-refractivity contribution in [3.63, 3.8) is 0 Å². The van der Waals surface area contributed by atoms with E-state index < -0.39 is 0 Å². The first-order chi connectivity index (χ1) is 9.70. The molecule has 1 heterocycles. The highest BCUT2D eigenvalue weighted by Gasteiger charge is 2.09. The molecule has 0 spiro atoms. The third kappa shape index (κ3) is 4.05. The lowest BCUT2D eigenvalue weighted by Crippen LogP contribution is -2.22. The molecule has 0 unspecified atom stereocenters. The summed E-state index contributed by atoms with van der Waals surface area (Å²) in [4.78, 5) is 1.14. The first-order valence-electron chi connectivity index (χ1n) is 6.75. The van der Waals surface area contributed by atoms with Gasteiger partial charge in [0.2, 0.25) is 0 Å². The molecular formula is C16H21NO2S. The minimum atomic E-state index is 0.455. The quantitative estimate of drug-likeness (QED) is 0.780. The number of ether oxygens (including phenoxy) is 1. The highest BCUT2D eigenvalue weighted by molar-refractivity contribution is 7.98. The summed E-state index contributed by atoms with van der Waals surface area (Å²) in [5.74, 6) is 1.79. The van der Waals surface area contributed by atoms with Gasteiger partial charge in [-0.15, -0.1) is 11.8 Å². The van der Waals surface area contributed by atoms with E-state index in [1.165, 1.54) is 0 Å². The Balaban J connectivity index is 1.99. The van der Waals surface area contributed by atoms with Crippen LogP contribution in [0.2, 0.25) is 0 Å². The van der Waals surface area contributed by atoms with Crippen molar-refractivity contribution in [3.8, 4) is 5.75 Å². The van der Waals surface area contributed by atoms with E-state index in [9.17, 15) is 0 Å². The first kappa shape index (κ1) is 15.0. The smallest absolute Gasteiger partial charge is 0.146 e. The molecule has 0 radical (unpaired) electrons. The van der Waals surface area contributed by atoms with Crippen LogP contribution >= 0.6 is 11.8 Å². The summed E-state index contributed by atoms with van der Waals surface area (Å²) in [6.07, 6.45) is 3.77. The summed E-state index contributed by atoms with van der Waals surface area (Å²) >= 11 is 1.68. The van der Waals surface area contributed by atoms with Crippen molar-refractivity contribution in [1.82, 2.24) is 5.32 Å². The Kier molecular flexibility index (Phi) is 5.56. The predicted octanol–water partition coefficient (Wildman–Crippen LogP) is 4.08. The summed E-state index contributed by atoms with van der Waals surface area (Å²) in [6, 6.07) is 10.5. The minimum absolute atomic E-state index is 0.455. The Labute approximate surface area is 124 Å². The van der Waals surface area contributed by atoms with Crippen molar-refractivity contribution in [3.05, 3.63) is 47.9 Å². The van der Waals surface area contributed by atoms with Crippen LogP contribution in [0.15, 0.2) is 45.9 Å². The van der Waals surface area contributed by atoms with Gasteiger partial charge >= 0.3 is 0 Å². The van der Waals surface area contributed by atoms with Gasteiger partial charge < -0.3 is 14.5 Å². The number of benzene rings is 1. The van der Waals surface area contributed by atoms with Gasteiger partial charge in [0.05, 0.1) is 6.26 Å². The van der Waals surface area contributed by atoms with Crippen LogP contribution < -0.4 is 10.1 Å². The molecule has 0 aliphatic carbocycles. The largest absolute Gasteiger partial charge is 0.484 e. The molecule has 3 nitrogen and oxygen atoms in total. The van der Waals surface area contributed by atoms with Crippen molar-refractivity contribution >= 4 is 11.8 Å². The normalized spacial score (nSPS) is 11.0. The summed E-state index contributed by atoms with van der Waals surface area (Å²) < 4.78 is 11.4. The maximum absolute atomic E-state index is 5.88. The second-order valence-corrected chi connectivity index (χ2v) is 5.69. The second-order valence-electron chi connectivity index (χ2n) is 4.84. The van der Waals surface area contributed by atoms with Crippen molar-refractivity contribution < 1.29 is 9.15 Å². The number of furan rings is 1. The molecule has 1 aromatic carbocycles. The van der Waals surface area contributed by atoms with Crippen LogP contribution in [0.1, 0.15) is 25.2 Å². The van der Waals surface area contributed by atoms with Gasteiger partial charge in [-0.3, -0.25) is 0 Å². The van der Waals surface area contributed by atoms with Crippen LogP contribution in [0.25, 0.3) is 0 Å². The van der Waals surface area contributed by atoms with Crippen LogP contribution in [0, 0.1) is 0 Å². The maximum atomic E-state index is 5.88. The zero-order valence-electron chi connectivity index (χ0n) is 12.2. The van der Waals surface area contributed by atoms with Crippen molar-refractivity contribution in [2.45, 2.75) is 37.9 Å². The van der Waals surface area contributed by atoms with Crippen LogP contribution in [0.5, 0.6) is 5.75 Å². The van der Waals surface area contributed by atoms with E-state index in [0.29, 0.717) is 12.6 Å². The number of hydrogen-bond donors (Lipinski definition) is 1. The molecule has 0 amide bonds. The van der Waals surface area contributed by atoms with Gasteiger partial charge in [-0.05, 0) is 24.5 Å². The molecule has 20 heavy (non-hydrogen) atoms. The molecule has 0 aliphatic rings. The molecule has 0 saturated heterocycles. The molecule has 0 bridgehead atoms. The van der Waals surface area contributed by atoms with Gasteiger partial charge in [0.25, 0.3) is 0 Å². The number of rotatable bonds is 7. The lowest BCUT2D eigenvalue weighted by Gasteiger charge is -2.11. The highest BCUT2D eigenvalue weighted by atomic mass is 32.2. The molecule has 1 aromatic heterocycles. The number of nitrogens with one attached hydrogen (secondary N) is 1. The zero-order valence-corrected chi connectivity index (χ0v) is 13.0. The summed E-state index contributed by atoms with van der Waals surface area (Å²) in [7, 11) is 0. The lowest BCUT2D eigenvalue weighted by molar-refractivity contribution is 0.262. The first-order valence-corrected chi connectivity index (χ1v) is 7.97. The molecule has 4 heteroatoms. The Bertz CT molecular complexity index is 537. The van der Waals surface area contributed by atoms with Crippen LogP contribution in [0.4, 0.5) is 0 Å². The predicted molar refractivity (Wildman–Crippen MR) is 83.2 cm³/mol. The molecule has 1 N–H and O–H groups in total.